The molecule has 0 radical (unpaired) electrons. The first-order chi connectivity index (χ1) is 9.25. The summed E-state index contributed by atoms with van der Waals surface area (Å²) in [4.78, 5) is 2.59. The molecule has 1 heterocycles. The lowest BCUT2D eigenvalue weighted by Crippen LogP contribution is -2.44. The van der Waals surface area contributed by atoms with Crippen molar-refractivity contribution in [2.75, 3.05) is 7.05 Å². The molecule has 0 aromatic heterocycles. The van der Waals surface area contributed by atoms with Gasteiger partial charge in [0.05, 0.1) is 0 Å². The molecule has 2 nitrogen and oxygen atoms in total. The van der Waals surface area contributed by atoms with Crippen LogP contribution in [-0.2, 0) is 0 Å². The molecule has 19 heavy (non-hydrogen) atoms. The van der Waals surface area contributed by atoms with E-state index in [0.29, 0.717) is 11.8 Å². The summed E-state index contributed by atoms with van der Waals surface area (Å²) in [6.07, 6.45) is 9.59. The Labute approximate surface area is 116 Å². The topological polar surface area (TPSA) is 23.5 Å². The molecule has 1 saturated carbocycles. The Morgan fingerprint density at radius 3 is 2.74 bits per heavy atom. The first-order valence-corrected chi connectivity index (χ1v) is 7.76. The number of likely N-dealkylation sites (tertiary alicyclic amines) is 1. The van der Waals surface area contributed by atoms with Crippen LogP contribution in [0.3, 0.4) is 0 Å². The van der Waals surface area contributed by atoms with Crippen LogP contribution in [0.1, 0.15) is 56.6 Å². The SMILES string of the molecule is CN1[C@H](c2cccc(O)c2)CC[C@H]2CCCCC[C@@H]21. The minimum atomic E-state index is 0.397. The normalized spacial score (nSPS) is 32.6. The van der Waals surface area contributed by atoms with Gasteiger partial charge in [0.25, 0.3) is 0 Å². The van der Waals surface area contributed by atoms with Gasteiger partial charge >= 0.3 is 0 Å². The van der Waals surface area contributed by atoms with Crippen molar-refractivity contribution in [2.24, 2.45) is 5.92 Å². The molecule has 1 saturated heterocycles. The fourth-order valence-corrected chi connectivity index (χ4v) is 4.18. The summed E-state index contributed by atoms with van der Waals surface area (Å²) in [6.45, 7) is 0. The molecule has 3 rings (SSSR count). The van der Waals surface area contributed by atoms with Crippen LogP contribution >= 0.6 is 0 Å². The fraction of sp³-hybridized carbons (Fsp3) is 0.647. The number of hydrogen-bond donors (Lipinski definition) is 1. The van der Waals surface area contributed by atoms with Gasteiger partial charge in [-0.15, -0.1) is 0 Å². The van der Waals surface area contributed by atoms with Crippen molar-refractivity contribution in [1.29, 1.82) is 0 Å². The van der Waals surface area contributed by atoms with Crippen LogP contribution in [-0.4, -0.2) is 23.1 Å². The lowest BCUT2D eigenvalue weighted by atomic mass is 9.81. The second kappa shape index (κ2) is 5.54. The van der Waals surface area contributed by atoms with E-state index in [2.05, 4.69) is 18.0 Å². The molecule has 2 aliphatic rings. The minimum absolute atomic E-state index is 0.397. The minimum Gasteiger partial charge on any atom is -0.508 e. The Bertz CT molecular complexity index is 431. The summed E-state index contributed by atoms with van der Waals surface area (Å²) < 4.78 is 0. The highest BCUT2D eigenvalue weighted by atomic mass is 16.3. The molecule has 0 spiro atoms. The smallest absolute Gasteiger partial charge is 0.115 e. The number of phenols is 1. The van der Waals surface area contributed by atoms with E-state index in [1.54, 1.807) is 6.07 Å². The Balaban J connectivity index is 1.81. The van der Waals surface area contributed by atoms with Gasteiger partial charge in [0.2, 0.25) is 0 Å². The number of phenolic OH excluding ortho intramolecular Hbond substituents is 1. The van der Waals surface area contributed by atoms with Crippen molar-refractivity contribution in [3.63, 3.8) is 0 Å². The summed E-state index contributed by atoms with van der Waals surface area (Å²) in [5.74, 6) is 1.30. The van der Waals surface area contributed by atoms with Crippen LogP contribution in [0.4, 0.5) is 0 Å². The molecule has 2 fully saturated rings. The predicted molar refractivity (Wildman–Crippen MR) is 78.2 cm³/mol. The van der Waals surface area contributed by atoms with E-state index >= 15 is 0 Å². The van der Waals surface area contributed by atoms with Gasteiger partial charge in [0, 0.05) is 12.1 Å². The molecule has 1 aliphatic carbocycles. The van der Waals surface area contributed by atoms with E-state index in [1.165, 1.54) is 50.5 Å². The third-order valence-corrected chi connectivity index (χ3v) is 5.20. The number of benzene rings is 1. The molecule has 2 heteroatoms. The van der Waals surface area contributed by atoms with Gasteiger partial charge in [-0.3, -0.25) is 4.90 Å². The maximum atomic E-state index is 9.69. The molecule has 104 valence electrons. The van der Waals surface area contributed by atoms with Crippen molar-refractivity contribution >= 4 is 0 Å². The largest absolute Gasteiger partial charge is 0.508 e. The predicted octanol–water partition coefficient (Wildman–Crippen LogP) is 4.11. The molecule has 1 aromatic rings. The van der Waals surface area contributed by atoms with E-state index in [9.17, 15) is 5.11 Å². The summed E-state index contributed by atoms with van der Waals surface area (Å²) in [7, 11) is 2.29. The van der Waals surface area contributed by atoms with Crippen LogP contribution in [0.15, 0.2) is 24.3 Å². The summed E-state index contributed by atoms with van der Waals surface area (Å²) in [5.41, 5.74) is 1.28. The highest BCUT2D eigenvalue weighted by Crippen LogP contribution is 2.41. The maximum absolute atomic E-state index is 9.69. The number of piperidine rings is 1. The summed E-state index contributed by atoms with van der Waals surface area (Å²) >= 11 is 0. The second-order valence-corrected chi connectivity index (χ2v) is 6.32. The third kappa shape index (κ3) is 2.64. The second-order valence-electron chi connectivity index (χ2n) is 6.32. The van der Waals surface area contributed by atoms with Crippen molar-refractivity contribution < 1.29 is 5.11 Å². The molecular formula is C17H25NO. The highest BCUT2D eigenvalue weighted by Gasteiger charge is 2.35. The third-order valence-electron chi connectivity index (χ3n) is 5.20. The van der Waals surface area contributed by atoms with Crippen molar-refractivity contribution in [2.45, 2.75) is 57.0 Å². The lowest BCUT2D eigenvalue weighted by Gasteiger charge is -2.44. The molecule has 0 bridgehead atoms. The Morgan fingerprint density at radius 2 is 1.89 bits per heavy atom. The maximum Gasteiger partial charge on any atom is 0.115 e. The number of rotatable bonds is 1. The number of nitrogens with zero attached hydrogens (tertiary/aromatic N) is 1. The van der Waals surface area contributed by atoms with E-state index < -0.39 is 0 Å². The van der Waals surface area contributed by atoms with Gasteiger partial charge in [0.15, 0.2) is 0 Å². The molecule has 0 unspecified atom stereocenters. The molecule has 0 amide bonds. The van der Waals surface area contributed by atoms with Crippen molar-refractivity contribution in [1.82, 2.24) is 4.90 Å². The van der Waals surface area contributed by atoms with Crippen LogP contribution in [0, 0.1) is 5.92 Å². The standard InChI is InChI=1S/C17H25NO/c1-18-16-9-4-2-3-6-13(16)10-11-17(18)14-7-5-8-15(19)12-14/h5,7-8,12-13,16-17,19H,2-4,6,9-11H2,1H3/t13-,16+,17+/m1/s1. The van der Waals surface area contributed by atoms with Gasteiger partial charge in [-0.1, -0.05) is 31.4 Å². The zero-order chi connectivity index (χ0) is 13.2. The summed E-state index contributed by atoms with van der Waals surface area (Å²) in [6, 6.07) is 9.09. The Kier molecular flexibility index (Phi) is 3.79. The molecule has 3 atom stereocenters. The fourth-order valence-electron chi connectivity index (χ4n) is 4.18. The van der Waals surface area contributed by atoms with Crippen LogP contribution < -0.4 is 0 Å². The van der Waals surface area contributed by atoms with E-state index in [4.69, 9.17) is 0 Å². The average molecular weight is 259 g/mol. The van der Waals surface area contributed by atoms with E-state index in [-0.39, 0.29) is 0 Å². The van der Waals surface area contributed by atoms with E-state index in [1.807, 2.05) is 12.1 Å². The van der Waals surface area contributed by atoms with Crippen LogP contribution in [0.25, 0.3) is 0 Å². The van der Waals surface area contributed by atoms with Crippen LogP contribution in [0.2, 0.25) is 0 Å². The van der Waals surface area contributed by atoms with Gasteiger partial charge in [-0.25, -0.2) is 0 Å². The van der Waals surface area contributed by atoms with Gasteiger partial charge < -0.3 is 5.11 Å². The number of aromatic hydroxyl groups is 1. The Morgan fingerprint density at radius 1 is 1.05 bits per heavy atom. The van der Waals surface area contributed by atoms with E-state index in [0.717, 1.165) is 12.0 Å². The zero-order valence-corrected chi connectivity index (χ0v) is 11.9. The molecular weight excluding hydrogens is 234 g/mol. The molecule has 1 N–H and O–H groups in total. The Hall–Kier alpha value is -1.02. The van der Waals surface area contributed by atoms with Gasteiger partial charge in [0.1, 0.15) is 5.75 Å². The zero-order valence-electron chi connectivity index (χ0n) is 11.9. The van der Waals surface area contributed by atoms with Crippen molar-refractivity contribution in [3.8, 4) is 5.75 Å². The quantitative estimate of drug-likeness (QED) is 0.820. The number of hydrogen-bond acceptors (Lipinski definition) is 2. The first-order valence-electron chi connectivity index (χ1n) is 7.76. The first kappa shape index (κ1) is 13.0. The summed E-state index contributed by atoms with van der Waals surface area (Å²) in [5, 5.41) is 9.69. The number of fused-ring (bicyclic) bond motifs is 1. The monoisotopic (exact) mass is 259 g/mol. The highest BCUT2D eigenvalue weighted by molar-refractivity contribution is 5.29. The van der Waals surface area contributed by atoms with Crippen molar-refractivity contribution in [3.05, 3.63) is 29.8 Å². The lowest BCUT2D eigenvalue weighted by molar-refractivity contribution is 0.0588. The van der Waals surface area contributed by atoms with Gasteiger partial charge in [-0.2, -0.15) is 0 Å². The average Bonchev–Trinajstić information content (AvgIpc) is 2.65. The molecule has 1 aromatic carbocycles. The molecule has 1 aliphatic heterocycles. The van der Waals surface area contributed by atoms with Crippen LogP contribution in [0.5, 0.6) is 5.75 Å². The van der Waals surface area contributed by atoms with Gasteiger partial charge in [-0.05, 0) is 56.3 Å².